The standard InChI is InChI=1S/C15H12N2O2S/c18-13-12(14(19)17-15(20)16-13)10-6-2-5-9-11-7-3-1-4-8-11/h1-10H,(H2,16,17,18,19,20)/b6-2+,9-5+. The second-order valence-corrected chi connectivity index (χ2v) is 4.38. The second kappa shape index (κ2) is 6.58. The normalized spacial score (nSPS) is 15.6. The molecule has 2 amide bonds. The first-order valence-electron chi connectivity index (χ1n) is 5.93. The quantitative estimate of drug-likeness (QED) is 0.384. The predicted octanol–water partition coefficient (Wildman–Crippen LogP) is 1.71. The topological polar surface area (TPSA) is 58.2 Å². The van der Waals surface area contributed by atoms with Crippen LogP contribution in [0.1, 0.15) is 5.56 Å². The van der Waals surface area contributed by atoms with Crippen molar-refractivity contribution in [3.63, 3.8) is 0 Å². The summed E-state index contributed by atoms with van der Waals surface area (Å²) in [5, 5.41) is 4.77. The summed E-state index contributed by atoms with van der Waals surface area (Å²) >= 11 is 4.70. The minimum absolute atomic E-state index is 0.0305. The van der Waals surface area contributed by atoms with Crippen LogP contribution in [0.4, 0.5) is 0 Å². The molecule has 0 atom stereocenters. The summed E-state index contributed by atoms with van der Waals surface area (Å²) in [6.07, 6.45) is 8.57. The number of rotatable bonds is 3. The van der Waals surface area contributed by atoms with Gasteiger partial charge in [-0.3, -0.25) is 20.2 Å². The number of carbonyl (C=O) groups is 2. The van der Waals surface area contributed by atoms with Crippen molar-refractivity contribution in [2.45, 2.75) is 0 Å². The van der Waals surface area contributed by atoms with E-state index in [0.717, 1.165) is 5.56 Å². The van der Waals surface area contributed by atoms with E-state index < -0.39 is 11.8 Å². The van der Waals surface area contributed by atoms with Crippen LogP contribution in [0.3, 0.4) is 0 Å². The molecule has 1 heterocycles. The van der Waals surface area contributed by atoms with Crippen molar-refractivity contribution in [2.24, 2.45) is 0 Å². The van der Waals surface area contributed by atoms with Crippen molar-refractivity contribution in [3.05, 3.63) is 65.8 Å². The Hall–Kier alpha value is -2.53. The molecular weight excluding hydrogens is 272 g/mol. The van der Waals surface area contributed by atoms with E-state index >= 15 is 0 Å². The van der Waals surface area contributed by atoms with Crippen LogP contribution in [0.25, 0.3) is 6.08 Å². The van der Waals surface area contributed by atoms with Gasteiger partial charge in [-0.05, 0) is 23.9 Å². The summed E-state index contributed by atoms with van der Waals surface area (Å²) in [6, 6.07) is 9.80. The van der Waals surface area contributed by atoms with Gasteiger partial charge in [0.25, 0.3) is 11.8 Å². The van der Waals surface area contributed by atoms with E-state index in [4.69, 9.17) is 12.2 Å². The monoisotopic (exact) mass is 284 g/mol. The van der Waals surface area contributed by atoms with Crippen LogP contribution in [0.15, 0.2) is 60.2 Å². The molecule has 4 nitrogen and oxygen atoms in total. The van der Waals surface area contributed by atoms with Gasteiger partial charge in [0.2, 0.25) is 0 Å². The highest BCUT2D eigenvalue weighted by molar-refractivity contribution is 7.80. The molecule has 1 aliphatic rings. The average Bonchev–Trinajstić information content (AvgIpc) is 2.42. The molecule has 0 spiro atoms. The second-order valence-electron chi connectivity index (χ2n) is 3.97. The minimum Gasteiger partial charge on any atom is -0.299 e. The molecule has 0 aromatic heterocycles. The lowest BCUT2D eigenvalue weighted by atomic mass is 10.1. The summed E-state index contributed by atoms with van der Waals surface area (Å²) in [5.74, 6) is -0.981. The summed E-state index contributed by atoms with van der Waals surface area (Å²) in [5.41, 5.74) is 1.10. The third-order valence-corrected chi connectivity index (χ3v) is 2.72. The Bertz CT molecular complexity index is 609. The van der Waals surface area contributed by atoms with E-state index in [9.17, 15) is 9.59 Å². The van der Waals surface area contributed by atoms with Gasteiger partial charge >= 0.3 is 0 Å². The van der Waals surface area contributed by atoms with Crippen LogP contribution >= 0.6 is 12.2 Å². The first kappa shape index (κ1) is 13.9. The number of amides is 2. The summed E-state index contributed by atoms with van der Waals surface area (Å²) in [6.45, 7) is 0. The van der Waals surface area contributed by atoms with Gasteiger partial charge in [-0.15, -0.1) is 0 Å². The molecule has 0 saturated carbocycles. The molecule has 0 radical (unpaired) electrons. The van der Waals surface area contributed by atoms with Crippen molar-refractivity contribution >= 4 is 35.2 Å². The summed E-state index contributed by atoms with van der Waals surface area (Å²) in [4.78, 5) is 23.0. The highest BCUT2D eigenvalue weighted by Crippen LogP contribution is 2.03. The average molecular weight is 284 g/mol. The zero-order valence-corrected chi connectivity index (χ0v) is 11.3. The predicted molar refractivity (Wildman–Crippen MR) is 81.6 cm³/mol. The van der Waals surface area contributed by atoms with Crippen LogP contribution in [0.5, 0.6) is 0 Å². The minimum atomic E-state index is -0.490. The third-order valence-electron chi connectivity index (χ3n) is 2.52. The zero-order valence-electron chi connectivity index (χ0n) is 10.5. The Labute approximate surface area is 121 Å². The van der Waals surface area contributed by atoms with Gasteiger partial charge in [-0.25, -0.2) is 0 Å². The molecule has 2 N–H and O–H groups in total. The number of carbonyl (C=O) groups excluding carboxylic acids is 2. The van der Waals surface area contributed by atoms with Gasteiger partial charge in [0.15, 0.2) is 5.11 Å². The van der Waals surface area contributed by atoms with E-state index in [1.807, 2.05) is 42.5 Å². The highest BCUT2D eigenvalue weighted by Gasteiger charge is 2.24. The van der Waals surface area contributed by atoms with Crippen LogP contribution in [0, 0.1) is 0 Å². The Balaban J connectivity index is 2.00. The Kier molecular flexibility index (Phi) is 4.57. The SMILES string of the molecule is O=C1NC(=S)NC(=O)C1=C/C=C/C=C/c1ccccc1. The number of benzene rings is 1. The van der Waals surface area contributed by atoms with Gasteiger partial charge in [0.1, 0.15) is 5.57 Å². The Morgan fingerprint density at radius 3 is 2.20 bits per heavy atom. The first-order valence-corrected chi connectivity index (χ1v) is 6.34. The largest absolute Gasteiger partial charge is 0.299 e. The van der Waals surface area contributed by atoms with Gasteiger partial charge in [0.05, 0.1) is 0 Å². The van der Waals surface area contributed by atoms with Gasteiger partial charge in [-0.2, -0.15) is 0 Å². The van der Waals surface area contributed by atoms with Gasteiger partial charge in [-0.1, -0.05) is 54.6 Å². The highest BCUT2D eigenvalue weighted by atomic mass is 32.1. The van der Waals surface area contributed by atoms with Crippen LogP contribution in [-0.4, -0.2) is 16.9 Å². The molecule has 1 aromatic carbocycles. The van der Waals surface area contributed by atoms with Crippen LogP contribution in [0.2, 0.25) is 0 Å². The third kappa shape index (κ3) is 3.73. The smallest absolute Gasteiger partial charge is 0.263 e. The van der Waals surface area contributed by atoms with Crippen molar-refractivity contribution in [1.82, 2.24) is 10.6 Å². The van der Waals surface area contributed by atoms with E-state index in [1.165, 1.54) is 6.08 Å². The van der Waals surface area contributed by atoms with Crippen molar-refractivity contribution in [2.75, 3.05) is 0 Å². The molecule has 0 unspecified atom stereocenters. The number of nitrogens with one attached hydrogen (secondary N) is 2. The maximum atomic E-state index is 11.5. The maximum absolute atomic E-state index is 11.5. The molecule has 5 heteroatoms. The fourth-order valence-corrected chi connectivity index (χ4v) is 1.76. The molecule has 1 saturated heterocycles. The molecule has 1 fully saturated rings. The molecular formula is C15H12N2O2S. The lowest BCUT2D eigenvalue weighted by Crippen LogP contribution is -2.51. The fourth-order valence-electron chi connectivity index (χ4n) is 1.57. The van der Waals surface area contributed by atoms with Gasteiger partial charge in [0, 0.05) is 0 Å². The molecule has 1 aromatic rings. The number of thiocarbonyl (C=S) groups is 1. The molecule has 0 bridgehead atoms. The number of hydrogen-bond acceptors (Lipinski definition) is 3. The first-order chi connectivity index (χ1) is 9.66. The van der Waals surface area contributed by atoms with E-state index in [0.29, 0.717) is 0 Å². The lowest BCUT2D eigenvalue weighted by Gasteiger charge is -2.15. The number of hydrogen-bond donors (Lipinski definition) is 2. The summed E-state index contributed by atoms with van der Waals surface area (Å²) < 4.78 is 0. The molecule has 1 aliphatic heterocycles. The maximum Gasteiger partial charge on any atom is 0.263 e. The number of allylic oxidation sites excluding steroid dienone is 4. The summed E-state index contributed by atoms with van der Waals surface area (Å²) in [7, 11) is 0. The van der Waals surface area contributed by atoms with Crippen LogP contribution < -0.4 is 10.6 Å². The van der Waals surface area contributed by atoms with Gasteiger partial charge < -0.3 is 0 Å². The van der Waals surface area contributed by atoms with E-state index in [2.05, 4.69) is 10.6 Å². The zero-order chi connectivity index (χ0) is 14.4. The van der Waals surface area contributed by atoms with Crippen molar-refractivity contribution in [3.8, 4) is 0 Å². The molecule has 100 valence electrons. The lowest BCUT2D eigenvalue weighted by molar-refractivity contribution is -0.123. The molecule has 2 rings (SSSR count). The van der Waals surface area contributed by atoms with E-state index in [-0.39, 0.29) is 10.7 Å². The Morgan fingerprint density at radius 1 is 0.900 bits per heavy atom. The van der Waals surface area contributed by atoms with Crippen LogP contribution in [-0.2, 0) is 9.59 Å². The van der Waals surface area contributed by atoms with E-state index in [1.54, 1.807) is 12.2 Å². The molecule has 20 heavy (non-hydrogen) atoms. The van der Waals surface area contributed by atoms with Crippen molar-refractivity contribution in [1.29, 1.82) is 0 Å². The Morgan fingerprint density at radius 2 is 1.55 bits per heavy atom. The molecule has 0 aliphatic carbocycles. The fraction of sp³-hybridized carbons (Fsp3) is 0. The van der Waals surface area contributed by atoms with Crippen molar-refractivity contribution < 1.29 is 9.59 Å².